The highest BCUT2D eigenvalue weighted by Crippen LogP contribution is 2.21. The number of hydrogen-bond donors (Lipinski definition) is 2. The lowest BCUT2D eigenvalue weighted by molar-refractivity contribution is -0.151. The average Bonchev–Trinajstić information content (AvgIpc) is 2.88. The van der Waals surface area contributed by atoms with Crippen LogP contribution in [-0.4, -0.2) is 29.2 Å². The van der Waals surface area contributed by atoms with Gasteiger partial charge in [-0.15, -0.1) is 0 Å². The molecule has 1 fully saturated rings. The van der Waals surface area contributed by atoms with E-state index in [1.807, 2.05) is 0 Å². The van der Waals surface area contributed by atoms with Crippen molar-refractivity contribution < 1.29 is 23.8 Å². The van der Waals surface area contributed by atoms with Crippen molar-refractivity contribution in [1.82, 2.24) is 5.32 Å². The minimum Gasteiger partial charge on any atom is -0.479 e. The SMILES string of the molecule is CC(NC(=O)[C@@H]1CC[C@H](C(=O)O)O1)c1cccc(F)c1. The van der Waals surface area contributed by atoms with Crippen molar-refractivity contribution >= 4 is 11.9 Å². The van der Waals surface area contributed by atoms with Crippen LogP contribution in [0.1, 0.15) is 31.4 Å². The minimum absolute atomic E-state index is 0.321. The molecule has 5 nitrogen and oxygen atoms in total. The molecule has 0 aromatic heterocycles. The van der Waals surface area contributed by atoms with Crippen LogP contribution in [-0.2, 0) is 14.3 Å². The van der Waals surface area contributed by atoms with Gasteiger partial charge in [-0.05, 0) is 37.5 Å². The molecule has 0 radical (unpaired) electrons. The molecule has 2 N–H and O–H groups in total. The normalized spacial score (nSPS) is 23.3. The Morgan fingerprint density at radius 3 is 2.70 bits per heavy atom. The summed E-state index contributed by atoms with van der Waals surface area (Å²) in [5, 5.41) is 11.5. The zero-order valence-corrected chi connectivity index (χ0v) is 11.0. The second-order valence-corrected chi connectivity index (χ2v) is 4.81. The van der Waals surface area contributed by atoms with E-state index in [9.17, 15) is 14.0 Å². The zero-order chi connectivity index (χ0) is 14.7. The van der Waals surface area contributed by atoms with Gasteiger partial charge in [0.15, 0.2) is 6.10 Å². The maximum absolute atomic E-state index is 13.1. The lowest BCUT2D eigenvalue weighted by Crippen LogP contribution is -2.37. The third-order valence-electron chi connectivity index (χ3n) is 3.29. The van der Waals surface area contributed by atoms with Crippen molar-refractivity contribution in [1.29, 1.82) is 0 Å². The maximum Gasteiger partial charge on any atom is 0.332 e. The van der Waals surface area contributed by atoms with Crippen molar-refractivity contribution in [3.8, 4) is 0 Å². The number of ether oxygens (including phenoxy) is 1. The summed E-state index contributed by atoms with van der Waals surface area (Å²) >= 11 is 0. The predicted octanol–water partition coefficient (Wildman–Crippen LogP) is 1.64. The number of carbonyl (C=O) groups excluding carboxylic acids is 1. The monoisotopic (exact) mass is 281 g/mol. The Bertz CT molecular complexity index is 520. The van der Waals surface area contributed by atoms with Crippen LogP contribution in [0, 0.1) is 5.82 Å². The average molecular weight is 281 g/mol. The Kier molecular flexibility index (Phi) is 4.34. The molecule has 1 aliphatic rings. The zero-order valence-electron chi connectivity index (χ0n) is 11.0. The summed E-state index contributed by atoms with van der Waals surface area (Å²) in [6.07, 6.45) is -0.984. The quantitative estimate of drug-likeness (QED) is 0.879. The van der Waals surface area contributed by atoms with E-state index in [2.05, 4.69) is 5.32 Å². The first-order chi connectivity index (χ1) is 9.47. The fraction of sp³-hybridized carbons (Fsp3) is 0.429. The lowest BCUT2D eigenvalue weighted by Gasteiger charge is -2.17. The molecule has 0 aliphatic carbocycles. The van der Waals surface area contributed by atoms with Gasteiger partial charge in [0.2, 0.25) is 5.91 Å². The van der Waals surface area contributed by atoms with Gasteiger partial charge >= 0.3 is 5.97 Å². The smallest absolute Gasteiger partial charge is 0.332 e. The van der Waals surface area contributed by atoms with Crippen LogP contribution in [0.3, 0.4) is 0 Å². The molecular weight excluding hydrogens is 265 g/mol. The fourth-order valence-electron chi connectivity index (χ4n) is 2.18. The Labute approximate surface area is 115 Å². The number of benzene rings is 1. The highest BCUT2D eigenvalue weighted by atomic mass is 19.1. The number of hydrogen-bond acceptors (Lipinski definition) is 3. The summed E-state index contributed by atoms with van der Waals surface area (Å²) < 4.78 is 18.3. The second-order valence-electron chi connectivity index (χ2n) is 4.81. The molecule has 1 aliphatic heterocycles. The van der Waals surface area contributed by atoms with E-state index in [1.54, 1.807) is 19.1 Å². The highest BCUT2D eigenvalue weighted by Gasteiger charge is 2.35. The van der Waals surface area contributed by atoms with E-state index in [0.29, 0.717) is 18.4 Å². The topological polar surface area (TPSA) is 75.6 Å². The summed E-state index contributed by atoms with van der Waals surface area (Å²) in [7, 11) is 0. The molecule has 0 saturated carbocycles. The number of nitrogens with one attached hydrogen (secondary N) is 1. The number of carbonyl (C=O) groups is 2. The van der Waals surface area contributed by atoms with E-state index >= 15 is 0 Å². The van der Waals surface area contributed by atoms with Crippen molar-refractivity contribution in [2.75, 3.05) is 0 Å². The van der Waals surface area contributed by atoms with E-state index in [0.717, 1.165) is 0 Å². The lowest BCUT2D eigenvalue weighted by atomic mass is 10.1. The molecule has 2 rings (SSSR count). The summed E-state index contributed by atoms with van der Waals surface area (Å²) in [6, 6.07) is 5.59. The van der Waals surface area contributed by atoms with Crippen molar-refractivity contribution in [2.45, 2.75) is 38.0 Å². The second kappa shape index (κ2) is 6.00. The van der Waals surface area contributed by atoms with E-state index in [-0.39, 0.29) is 17.8 Å². The van der Waals surface area contributed by atoms with Crippen molar-refractivity contribution in [3.05, 3.63) is 35.6 Å². The standard InChI is InChI=1S/C14H16FNO4/c1-8(9-3-2-4-10(15)7-9)16-13(17)11-5-6-12(20-11)14(18)19/h2-4,7-8,11-12H,5-6H2,1H3,(H,16,17)(H,18,19)/t8?,11-,12+/m0/s1. The number of rotatable bonds is 4. The molecule has 108 valence electrons. The third-order valence-corrected chi connectivity index (χ3v) is 3.29. The van der Waals surface area contributed by atoms with Crippen LogP contribution in [0.4, 0.5) is 4.39 Å². The summed E-state index contributed by atoms with van der Waals surface area (Å²) in [4.78, 5) is 22.7. The van der Waals surface area contributed by atoms with Crippen LogP contribution in [0.2, 0.25) is 0 Å². The van der Waals surface area contributed by atoms with Gasteiger partial charge in [0, 0.05) is 0 Å². The van der Waals surface area contributed by atoms with Gasteiger partial charge < -0.3 is 15.2 Å². The molecule has 3 atom stereocenters. The molecule has 6 heteroatoms. The molecule has 0 spiro atoms. The largest absolute Gasteiger partial charge is 0.479 e. The minimum atomic E-state index is -1.06. The summed E-state index contributed by atoms with van der Waals surface area (Å²) in [6.45, 7) is 1.73. The van der Waals surface area contributed by atoms with Crippen LogP contribution in [0.5, 0.6) is 0 Å². The number of aliphatic carboxylic acids is 1. The number of amides is 1. The molecule has 1 amide bonds. The molecular formula is C14H16FNO4. The van der Waals surface area contributed by atoms with Crippen LogP contribution >= 0.6 is 0 Å². The molecule has 1 aromatic rings. The number of carboxylic acids is 1. The third kappa shape index (κ3) is 3.33. The predicted molar refractivity (Wildman–Crippen MR) is 68.5 cm³/mol. The first-order valence-corrected chi connectivity index (χ1v) is 6.41. The van der Waals surface area contributed by atoms with Crippen molar-refractivity contribution in [3.63, 3.8) is 0 Å². The van der Waals surface area contributed by atoms with E-state index in [1.165, 1.54) is 12.1 Å². The molecule has 1 aromatic carbocycles. The Hall–Kier alpha value is -1.95. The van der Waals surface area contributed by atoms with E-state index < -0.39 is 18.2 Å². The number of carboxylic acid groups (broad SMARTS) is 1. The first-order valence-electron chi connectivity index (χ1n) is 6.41. The van der Waals surface area contributed by atoms with E-state index in [4.69, 9.17) is 9.84 Å². The van der Waals surface area contributed by atoms with Crippen LogP contribution < -0.4 is 5.32 Å². The van der Waals surface area contributed by atoms with Gasteiger partial charge in [-0.3, -0.25) is 4.79 Å². The summed E-state index contributed by atoms with van der Waals surface area (Å²) in [5.74, 6) is -1.80. The van der Waals surface area contributed by atoms with Gasteiger partial charge in [0.25, 0.3) is 0 Å². The maximum atomic E-state index is 13.1. The summed E-state index contributed by atoms with van der Waals surface area (Å²) in [5.41, 5.74) is 0.645. The number of halogens is 1. The van der Waals surface area contributed by atoms with Crippen LogP contribution in [0.25, 0.3) is 0 Å². The Morgan fingerprint density at radius 2 is 2.10 bits per heavy atom. The van der Waals surface area contributed by atoms with Gasteiger partial charge in [0.1, 0.15) is 11.9 Å². The highest BCUT2D eigenvalue weighted by molar-refractivity contribution is 5.82. The van der Waals surface area contributed by atoms with Crippen LogP contribution in [0.15, 0.2) is 24.3 Å². The van der Waals surface area contributed by atoms with Gasteiger partial charge in [-0.2, -0.15) is 0 Å². The van der Waals surface area contributed by atoms with Crippen molar-refractivity contribution in [2.24, 2.45) is 0 Å². The molecule has 1 unspecified atom stereocenters. The van der Waals surface area contributed by atoms with Gasteiger partial charge in [-0.25, -0.2) is 9.18 Å². The Morgan fingerprint density at radius 1 is 1.40 bits per heavy atom. The fourth-order valence-corrected chi connectivity index (χ4v) is 2.18. The van der Waals surface area contributed by atoms with Gasteiger partial charge in [-0.1, -0.05) is 12.1 Å². The first kappa shape index (κ1) is 14.5. The molecule has 1 saturated heterocycles. The molecule has 20 heavy (non-hydrogen) atoms. The molecule has 1 heterocycles. The van der Waals surface area contributed by atoms with Gasteiger partial charge in [0.05, 0.1) is 6.04 Å². The Balaban J connectivity index is 1.93. The molecule has 0 bridgehead atoms.